The van der Waals surface area contributed by atoms with Crippen molar-refractivity contribution in [2.24, 2.45) is 0 Å². The van der Waals surface area contributed by atoms with E-state index in [2.05, 4.69) is 10.5 Å². The first-order chi connectivity index (χ1) is 8.34. The lowest BCUT2D eigenvalue weighted by atomic mass is 10.4. The third-order valence-electron chi connectivity index (χ3n) is 2.23. The van der Waals surface area contributed by atoms with Crippen LogP contribution in [0.4, 0.5) is 5.82 Å². The van der Waals surface area contributed by atoms with Crippen molar-refractivity contribution in [1.29, 1.82) is 0 Å². The van der Waals surface area contributed by atoms with Gasteiger partial charge >= 0.3 is 0 Å². The molecule has 0 radical (unpaired) electrons. The van der Waals surface area contributed by atoms with Crippen molar-refractivity contribution in [3.63, 3.8) is 0 Å². The predicted molar refractivity (Wildman–Crippen MR) is 66.7 cm³/mol. The Morgan fingerprint density at radius 2 is 2.22 bits per heavy atom. The van der Waals surface area contributed by atoms with E-state index in [1.807, 2.05) is 0 Å². The highest BCUT2D eigenvalue weighted by Crippen LogP contribution is 2.16. The average Bonchev–Trinajstić information content (AvgIpc) is 2.68. The molecule has 1 N–H and O–H groups in total. The van der Waals surface area contributed by atoms with E-state index >= 15 is 0 Å². The number of aryl methyl sites for hydroxylation is 1. The number of carbonyl (C=O) groups excluding carboxylic acids is 1. The Morgan fingerprint density at radius 3 is 2.67 bits per heavy atom. The first kappa shape index (κ1) is 14.5. The molecule has 0 unspecified atom stereocenters. The van der Waals surface area contributed by atoms with Crippen LogP contribution in [-0.2, 0) is 14.8 Å². The van der Waals surface area contributed by atoms with Gasteiger partial charge < -0.3 is 9.84 Å². The second-order valence-electron chi connectivity index (χ2n) is 3.83. The van der Waals surface area contributed by atoms with Crippen LogP contribution in [0.25, 0.3) is 0 Å². The van der Waals surface area contributed by atoms with Crippen LogP contribution in [0, 0.1) is 6.92 Å². The number of sulfonamides is 1. The number of nitrogens with zero attached hydrogens (tertiary/aromatic N) is 2. The molecule has 102 valence electrons. The van der Waals surface area contributed by atoms with Crippen molar-refractivity contribution < 1.29 is 17.7 Å². The molecule has 0 saturated heterocycles. The summed E-state index contributed by atoms with van der Waals surface area (Å²) in [6, 6.07) is 1.53. The SMILES string of the molecule is CCC(=O)NCCN(c1cc(C)on1)S(C)(=O)=O. The number of nitrogens with one attached hydrogen (secondary N) is 1. The molecule has 0 fully saturated rings. The number of carbonyl (C=O) groups is 1. The fraction of sp³-hybridized carbons (Fsp3) is 0.600. The summed E-state index contributed by atoms with van der Waals surface area (Å²) in [7, 11) is -3.45. The summed E-state index contributed by atoms with van der Waals surface area (Å²) in [5.41, 5.74) is 0. The monoisotopic (exact) mass is 275 g/mol. The van der Waals surface area contributed by atoms with Crippen LogP contribution in [0.1, 0.15) is 19.1 Å². The molecule has 0 aromatic carbocycles. The minimum Gasteiger partial charge on any atom is -0.360 e. The molecule has 1 amide bonds. The van der Waals surface area contributed by atoms with Crippen molar-refractivity contribution in [3.05, 3.63) is 11.8 Å². The maximum Gasteiger partial charge on any atom is 0.233 e. The van der Waals surface area contributed by atoms with Gasteiger partial charge in [0.2, 0.25) is 15.9 Å². The van der Waals surface area contributed by atoms with Crippen molar-refractivity contribution in [2.45, 2.75) is 20.3 Å². The van der Waals surface area contributed by atoms with E-state index in [0.29, 0.717) is 12.2 Å². The first-order valence-corrected chi connectivity index (χ1v) is 7.37. The summed E-state index contributed by atoms with van der Waals surface area (Å²) in [5.74, 6) is 0.622. The molecule has 18 heavy (non-hydrogen) atoms. The van der Waals surface area contributed by atoms with Gasteiger partial charge in [-0.25, -0.2) is 12.7 Å². The minimum absolute atomic E-state index is 0.122. The lowest BCUT2D eigenvalue weighted by molar-refractivity contribution is -0.120. The standard InChI is InChI=1S/C10H17N3O4S/c1-4-10(14)11-5-6-13(18(3,15)16)9-7-8(2)17-12-9/h7H,4-6H2,1-3H3,(H,11,14). The topological polar surface area (TPSA) is 92.5 Å². The zero-order chi connectivity index (χ0) is 13.8. The molecule has 1 aromatic heterocycles. The fourth-order valence-corrected chi connectivity index (χ4v) is 2.19. The van der Waals surface area contributed by atoms with E-state index in [0.717, 1.165) is 10.6 Å². The fourth-order valence-electron chi connectivity index (χ4n) is 1.34. The van der Waals surface area contributed by atoms with Gasteiger partial charge in [0.05, 0.1) is 12.8 Å². The molecule has 8 heteroatoms. The van der Waals surface area contributed by atoms with Crippen molar-refractivity contribution in [3.8, 4) is 0 Å². The summed E-state index contributed by atoms with van der Waals surface area (Å²) >= 11 is 0. The van der Waals surface area contributed by atoms with Gasteiger partial charge in [-0.3, -0.25) is 4.79 Å². The normalized spacial score (nSPS) is 11.3. The van der Waals surface area contributed by atoms with Crippen molar-refractivity contribution in [1.82, 2.24) is 10.5 Å². The summed E-state index contributed by atoms with van der Waals surface area (Å²) in [4.78, 5) is 11.1. The zero-order valence-electron chi connectivity index (χ0n) is 10.6. The molecular formula is C10H17N3O4S. The Balaban J connectivity index is 2.73. The maximum atomic E-state index is 11.6. The van der Waals surface area contributed by atoms with Gasteiger partial charge in [0.25, 0.3) is 0 Å². The van der Waals surface area contributed by atoms with Gasteiger partial charge in [-0.2, -0.15) is 0 Å². The van der Waals surface area contributed by atoms with Gasteiger partial charge in [-0.1, -0.05) is 12.1 Å². The van der Waals surface area contributed by atoms with Crippen molar-refractivity contribution in [2.75, 3.05) is 23.7 Å². The molecular weight excluding hydrogens is 258 g/mol. The molecule has 0 saturated carbocycles. The Bertz CT molecular complexity index is 509. The highest BCUT2D eigenvalue weighted by molar-refractivity contribution is 7.92. The quantitative estimate of drug-likeness (QED) is 0.804. The lowest BCUT2D eigenvalue weighted by Gasteiger charge is -2.18. The van der Waals surface area contributed by atoms with Crippen LogP contribution in [0.3, 0.4) is 0 Å². The summed E-state index contributed by atoms with van der Waals surface area (Å²) < 4.78 is 29.2. The third kappa shape index (κ3) is 4.02. The lowest BCUT2D eigenvalue weighted by Crippen LogP contribution is -2.38. The van der Waals surface area contributed by atoms with Gasteiger partial charge in [0, 0.05) is 19.0 Å². The number of anilines is 1. The van der Waals surface area contributed by atoms with E-state index in [9.17, 15) is 13.2 Å². The minimum atomic E-state index is -3.45. The van der Waals surface area contributed by atoms with E-state index < -0.39 is 10.0 Å². The van der Waals surface area contributed by atoms with E-state index in [1.165, 1.54) is 6.07 Å². The van der Waals surface area contributed by atoms with E-state index in [1.54, 1.807) is 13.8 Å². The average molecular weight is 275 g/mol. The van der Waals surface area contributed by atoms with Gasteiger partial charge in [-0.05, 0) is 6.92 Å². The molecule has 0 spiro atoms. The smallest absolute Gasteiger partial charge is 0.233 e. The highest BCUT2D eigenvalue weighted by Gasteiger charge is 2.20. The Morgan fingerprint density at radius 1 is 1.56 bits per heavy atom. The molecule has 1 heterocycles. The molecule has 0 aliphatic rings. The highest BCUT2D eigenvalue weighted by atomic mass is 32.2. The number of aromatic nitrogens is 1. The van der Waals surface area contributed by atoms with Gasteiger partial charge in [0.1, 0.15) is 5.76 Å². The maximum absolute atomic E-state index is 11.6. The summed E-state index contributed by atoms with van der Waals surface area (Å²) in [6.07, 6.45) is 1.45. The number of rotatable bonds is 6. The Labute approximate surface area is 106 Å². The number of hydrogen-bond donors (Lipinski definition) is 1. The largest absolute Gasteiger partial charge is 0.360 e. The molecule has 1 rings (SSSR count). The molecule has 1 aromatic rings. The second-order valence-corrected chi connectivity index (χ2v) is 5.74. The van der Waals surface area contributed by atoms with Crippen molar-refractivity contribution >= 4 is 21.7 Å². The predicted octanol–water partition coefficient (Wildman–Crippen LogP) is 0.275. The third-order valence-corrected chi connectivity index (χ3v) is 3.40. The molecule has 0 atom stereocenters. The number of amides is 1. The van der Waals surface area contributed by atoms with E-state index in [-0.39, 0.29) is 24.8 Å². The molecule has 0 aliphatic heterocycles. The van der Waals surface area contributed by atoms with Gasteiger partial charge in [0.15, 0.2) is 5.82 Å². The summed E-state index contributed by atoms with van der Waals surface area (Å²) in [6.45, 7) is 3.75. The Kier molecular flexibility index (Phi) is 4.71. The first-order valence-electron chi connectivity index (χ1n) is 5.52. The molecule has 7 nitrogen and oxygen atoms in total. The zero-order valence-corrected chi connectivity index (χ0v) is 11.5. The van der Waals surface area contributed by atoms with Crippen LogP contribution in [0.15, 0.2) is 10.6 Å². The Hall–Kier alpha value is -1.57. The molecule has 0 bridgehead atoms. The summed E-state index contributed by atoms with van der Waals surface area (Å²) in [5, 5.41) is 6.27. The van der Waals surface area contributed by atoms with Crippen LogP contribution in [0.5, 0.6) is 0 Å². The molecule has 0 aliphatic carbocycles. The second kappa shape index (κ2) is 5.85. The van der Waals surface area contributed by atoms with Crippen LogP contribution in [0.2, 0.25) is 0 Å². The van der Waals surface area contributed by atoms with Gasteiger partial charge in [-0.15, -0.1) is 0 Å². The van der Waals surface area contributed by atoms with Crippen LogP contribution < -0.4 is 9.62 Å². The van der Waals surface area contributed by atoms with E-state index in [4.69, 9.17) is 4.52 Å². The van der Waals surface area contributed by atoms with Crippen LogP contribution >= 0.6 is 0 Å². The van der Waals surface area contributed by atoms with Crippen LogP contribution in [-0.4, -0.2) is 38.8 Å². The number of hydrogen-bond acceptors (Lipinski definition) is 5.